The maximum Gasteiger partial charge on any atom is 0.490 e. The summed E-state index contributed by atoms with van der Waals surface area (Å²) < 4.78 is 31.7. The lowest BCUT2D eigenvalue weighted by atomic mass is 10.1. The van der Waals surface area contributed by atoms with E-state index in [-0.39, 0.29) is 0 Å². The molecule has 0 aliphatic carbocycles. The molecule has 1 aliphatic rings. The van der Waals surface area contributed by atoms with Crippen molar-refractivity contribution in [3.63, 3.8) is 0 Å². The largest absolute Gasteiger partial charge is 0.490 e. The number of aliphatic carboxylic acids is 1. The fraction of sp³-hybridized carbons (Fsp3) is 0.900. The number of hydrogen-bond acceptors (Lipinski definition) is 4. The molecule has 5 nitrogen and oxygen atoms in total. The molecular weight excluding hydrogens is 253 g/mol. The molecule has 0 bridgehead atoms. The quantitative estimate of drug-likeness (QED) is 0.757. The van der Waals surface area contributed by atoms with Gasteiger partial charge in [-0.2, -0.15) is 18.2 Å². The zero-order chi connectivity index (χ0) is 14.2. The van der Waals surface area contributed by atoms with Crippen LogP contribution in [0.25, 0.3) is 0 Å². The van der Waals surface area contributed by atoms with Gasteiger partial charge in [-0.3, -0.25) is 0 Å². The predicted octanol–water partition coefficient (Wildman–Crippen LogP) is 1.26. The zero-order valence-electron chi connectivity index (χ0n) is 10.5. The van der Waals surface area contributed by atoms with Gasteiger partial charge in [0.15, 0.2) is 0 Å². The van der Waals surface area contributed by atoms with E-state index in [1.807, 2.05) is 0 Å². The van der Waals surface area contributed by atoms with Crippen LogP contribution in [-0.4, -0.2) is 55.1 Å². The highest BCUT2D eigenvalue weighted by molar-refractivity contribution is 5.73. The number of nitrogens with one attached hydrogen (secondary N) is 1. The van der Waals surface area contributed by atoms with E-state index in [2.05, 4.69) is 17.3 Å². The van der Waals surface area contributed by atoms with E-state index in [1.165, 1.54) is 12.8 Å². The molecule has 0 aromatic heterocycles. The number of nitrogens with zero attached hydrogens (tertiary/aromatic N) is 1. The summed E-state index contributed by atoms with van der Waals surface area (Å²) in [4.78, 5) is 14.1. The van der Waals surface area contributed by atoms with Crippen LogP contribution >= 0.6 is 0 Å². The Hall–Kier alpha value is -0.860. The lowest BCUT2D eigenvalue weighted by molar-refractivity contribution is -0.192. The van der Waals surface area contributed by atoms with Gasteiger partial charge in [-0.15, -0.1) is 0 Å². The first-order chi connectivity index (χ1) is 8.32. The molecule has 1 fully saturated rings. The molecule has 0 saturated carbocycles. The molecule has 0 aromatic carbocycles. The SMILES string of the molecule is CCN(OC)C1CCNCC1.O=C(O)C(F)(F)F. The lowest BCUT2D eigenvalue weighted by Gasteiger charge is -2.31. The number of hydroxylamine groups is 2. The van der Waals surface area contributed by atoms with Crippen molar-refractivity contribution in [2.45, 2.75) is 32.0 Å². The van der Waals surface area contributed by atoms with Gasteiger partial charge in [0.05, 0.1) is 7.11 Å². The molecule has 0 spiro atoms. The first-order valence-electron chi connectivity index (χ1n) is 5.64. The number of piperidine rings is 1. The van der Waals surface area contributed by atoms with Gasteiger partial charge in [-0.05, 0) is 25.9 Å². The maximum absolute atomic E-state index is 10.6. The summed E-state index contributed by atoms with van der Waals surface area (Å²) in [5.74, 6) is -2.76. The normalized spacial score (nSPS) is 17.2. The minimum absolute atomic E-state index is 0.631. The van der Waals surface area contributed by atoms with E-state index in [0.29, 0.717) is 6.04 Å². The Labute approximate surface area is 104 Å². The van der Waals surface area contributed by atoms with Crippen LogP contribution in [0.3, 0.4) is 0 Å². The van der Waals surface area contributed by atoms with Crippen molar-refractivity contribution in [3.05, 3.63) is 0 Å². The molecule has 1 heterocycles. The van der Waals surface area contributed by atoms with E-state index >= 15 is 0 Å². The topological polar surface area (TPSA) is 61.8 Å². The van der Waals surface area contributed by atoms with E-state index in [4.69, 9.17) is 14.7 Å². The van der Waals surface area contributed by atoms with Crippen LogP contribution in [-0.2, 0) is 9.63 Å². The summed E-state index contributed by atoms with van der Waals surface area (Å²) in [5.41, 5.74) is 0. The maximum atomic E-state index is 10.6. The van der Waals surface area contributed by atoms with Crippen molar-refractivity contribution < 1.29 is 27.9 Å². The number of hydrogen-bond donors (Lipinski definition) is 2. The Morgan fingerprint density at radius 2 is 1.89 bits per heavy atom. The average Bonchev–Trinajstić information content (AvgIpc) is 2.31. The van der Waals surface area contributed by atoms with Gasteiger partial charge >= 0.3 is 12.1 Å². The predicted molar refractivity (Wildman–Crippen MR) is 59.0 cm³/mol. The lowest BCUT2D eigenvalue weighted by Crippen LogP contribution is -2.42. The van der Waals surface area contributed by atoms with Crippen molar-refractivity contribution in [2.75, 3.05) is 26.7 Å². The second kappa shape index (κ2) is 8.28. The summed E-state index contributed by atoms with van der Waals surface area (Å²) >= 11 is 0. The van der Waals surface area contributed by atoms with Crippen LogP contribution in [0.5, 0.6) is 0 Å². The smallest absolute Gasteiger partial charge is 0.475 e. The van der Waals surface area contributed by atoms with Crippen LogP contribution in [0, 0.1) is 0 Å². The fourth-order valence-electron chi connectivity index (χ4n) is 1.63. The minimum atomic E-state index is -5.08. The summed E-state index contributed by atoms with van der Waals surface area (Å²) in [6.07, 6.45) is -2.66. The number of alkyl halides is 3. The molecule has 0 aromatic rings. The van der Waals surface area contributed by atoms with Gasteiger partial charge in [0.1, 0.15) is 0 Å². The molecule has 18 heavy (non-hydrogen) atoms. The molecule has 1 saturated heterocycles. The van der Waals surface area contributed by atoms with Crippen molar-refractivity contribution in [1.29, 1.82) is 0 Å². The van der Waals surface area contributed by atoms with Gasteiger partial charge in [-0.1, -0.05) is 6.92 Å². The first-order valence-corrected chi connectivity index (χ1v) is 5.64. The zero-order valence-corrected chi connectivity index (χ0v) is 10.5. The van der Waals surface area contributed by atoms with Crippen LogP contribution < -0.4 is 5.32 Å². The van der Waals surface area contributed by atoms with E-state index < -0.39 is 12.1 Å². The second-order valence-electron chi connectivity index (χ2n) is 3.70. The molecule has 1 aliphatic heterocycles. The molecule has 1 rings (SSSR count). The minimum Gasteiger partial charge on any atom is -0.475 e. The molecule has 0 atom stereocenters. The number of carbonyl (C=O) groups is 1. The van der Waals surface area contributed by atoms with E-state index in [9.17, 15) is 13.2 Å². The van der Waals surface area contributed by atoms with Crippen molar-refractivity contribution in [3.8, 4) is 0 Å². The summed E-state index contributed by atoms with van der Waals surface area (Å²) in [6.45, 7) is 5.38. The van der Waals surface area contributed by atoms with Gasteiger partial charge < -0.3 is 15.3 Å². The number of carboxylic acids is 1. The Balaban J connectivity index is 0.000000360. The van der Waals surface area contributed by atoms with Crippen LogP contribution in [0.2, 0.25) is 0 Å². The molecule has 0 unspecified atom stereocenters. The van der Waals surface area contributed by atoms with Crippen molar-refractivity contribution in [2.24, 2.45) is 0 Å². The second-order valence-corrected chi connectivity index (χ2v) is 3.70. The van der Waals surface area contributed by atoms with Gasteiger partial charge in [0.25, 0.3) is 0 Å². The number of halogens is 3. The Morgan fingerprint density at radius 1 is 1.44 bits per heavy atom. The highest BCUT2D eigenvalue weighted by atomic mass is 19.4. The third-order valence-corrected chi connectivity index (χ3v) is 2.50. The molecule has 108 valence electrons. The van der Waals surface area contributed by atoms with Crippen LogP contribution in [0.4, 0.5) is 13.2 Å². The Kier molecular flexibility index (Phi) is 7.88. The summed E-state index contributed by atoms with van der Waals surface area (Å²) in [6, 6.07) is 0.631. The highest BCUT2D eigenvalue weighted by Gasteiger charge is 2.38. The van der Waals surface area contributed by atoms with Gasteiger partial charge in [0, 0.05) is 12.6 Å². The molecular formula is C10H19F3N2O3. The van der Waals surface area contributed by atoms with Gasteiger partial charge in [0.2, 0.25) is 0 Å². The van der Waals surface area contributed by atoms with Crippen molar-refractivity contribution in [1.82, 2.24) is 10.4 Å². The fourth-order valence-corrected chi connectivity index (χ4v) is 1.63. The summed E-state index contributed by atoms with van der Waals surface area (Å²) in [5, 5.41) is 12.5. The van der Waals surface area contributed by atoms with Gasteiger partial charge in [-0.25, -0.2) is 4.79 Å². The molecule has 8 heteroatoms. The van der Waals surface area contributed by atoms with E-state index in [1.54, 1.807) is 7.11 Å². The third-order valence-electron chi connectivity index (χ3n) is 2.50. The monoisotopic (exact) mass is 272 g/mol. The van der Waals surface area contributed by atoms with Crippen molar-refractivity contribution >= 4 is 5.97 Å². The average molecular weight is 272 g/mol. The Bertz CT molecular complexity index is 239. The van der Waals surface area contributed by atoms with Crippen LogP contribution in [0.15, 0.2) is 0 Å². The molecule has 0 amide bonds. The van der Waals surface area contributed by atoms with E-state index in [0.717, 1.165) is 19.6 Å². The first kappa shape index (κ1) is 17.1. The highest BCUT2D eigenvalue weighted by Crippen LogP contribution is 2.13. The number of rotatable bonds is 3. The standard InChI is InChI=1S/C8H18N2O.C2HF3O2/c1-3-10(11-2)8-4-6-9-7-5-8;3-2(4,5)1(6)7/h8-9H,3-7H2,1-2H3;(H,6,7). The third kappa shape index (κ3) is 6.77. The Morgan fingerprint density at radius 3 is 2.17 bits per heavy atom. The number of carboxylic acid groups (broad SMARTS) is 1. The molecule has 0 radical (unpaired) electrons. The van der Waals surface area contributed by atoms with Crippen LogP contribution in [0.1, 0.15) is 19.8 Å². The molecule has 2 N–H and O–H groups in total. The summed E-state index contributed by atoms with van der Waals surface area (Å²) in [7, 11) is 1.76.